The minimum Gasteiger partial charge on any atom is -0.494 e. The second-order valence-corrected chi connectivity index (χ2v) is 14.1. The molecule has 7 rings (SSSR count). The van der Waals surface area contributed by atoms with Crippen molar-refractivity contribution in [3.05, 3.63) is 128 Å². The quantitative estimate of drug-likeness (QED) is 0.143. The molecule has 2 bridgehead atoms. The van der Waals surface area contributed by atoms with Crippen LogP contribution in [0.25, 0.3) is 10.8 Å². The Labute approximate surface area is 311 Å². The van der Waals surface area contributed by atoms with Gasteiger partial charge in [-0.15, -0.1) is 13.2 Å². The lowest BCUT2D eigenvalue weighted by Crippen LogP contribution is -2.57. The predicted molar refractivity (Wildman–Crippen MR) is 207 cm³/mol. The normalized spacial score (nSPS) is 24.8. The summed E-state index contributed by atoms with van der Waals surface area (Å²) in [7, 11) is 0. The number of nitrogens with zero attached hydrogens (tertiary/aromatic N) is 3. The van der Waals surface area contributed by atoms with Crippen molar-refractivity contribution in [2.75, 3.05) is 36.1 Å². The summed E-state index contributed by atoms with van der Waals surface area (Å²) in [6.07, 6.45) is 4.72. The number of ether oxygens (including phenoxy) is 2. The van der Waals surface area contributed by atoms with Gasteiger partial charge in [0.2, 0.25) is 11.8 Å². The number of hydrogen-bond acceptors (Lipinski definition) is 6. The highest BCUT2D eigenvalue weighted by atomic mass is 16.5. The van der Waals surface area contributed by atoms with E-state index in [1.807, 2.05) is 111 Å². The number of rotatable bonds is 14. The first-order valence-corrected chi connectivity index (χ1v) is 18.5. The van der Waals surface area contributed by atoms with Crippen LogP contribution in [0.2, 0.25) is 0 Å². The van der Waals surface area contributed by atoms with E-state index in [-0.39, 0.29) is 30.8 Å². The van der Waals surface area contributed by atoms with Crippen LogP contribution in [0, 0.1) is 11.8 Å². The number of aliphatic hydroxyl groups excluding tert-OH is 1. The first-order chi connectivity index (χ1) is 25.8. The molecule has 3 aliphatic rings. The number of likely N-dealkylation sites (tertiary alicyclic amines) is 1. The zero-order valence-corrected chi connectivity index (χ0v) is 30.4. The monoisotopic (exact) mass is 713 g/mol. The van der Waals surface area contributed by atoms with Crippen molar-refractivity contribution in [1.29, 1.82) is 0 Å². The van der Waals surface area contributed by atoms with Gasteiger partial charge in [-0.05, 0) is 78.9 Å². The van der Waals surface area contributed by atoms with E-state index < -0.39 is 41.7 Å². The average molecular weight is 714 g/mol. The molecule has 3 aliphatic heterocycles. The first kappa shape index (κ1) is 36.1. The highest BCUT2D eigenvalue weighted by Gasteiger charge is 2.79. The van der Waals surface area contributed by atoms with Gasteiger partial charge in [0.05, 0.1) is 36.7 Å². The van der Waals surface area contributed by atoms with E-state index in [1.54, 1.807) is 22.0 Å². The highest BCUT2D eigenvalue weighted by molar-refractivity contribution is 6.07. The maximum Gasteiger partial charge on any atom is 0.253 e. The zero-order valence-electron chi connectivity index (χ0n) is 30.4. The molecule has 9 nitrogen and oxygen atoms in total. The van der Waals surface area contributed by atoms with Crippen LogP contribution >= 0.6 is 0 Å². The van der Waals surface area contributed by atoms with Gasteiger partial charge >= 0.3 is 0 Å². The van der Waals surface area contributed by atoms with Gasteiger partial charge < -0.3 is 29.3 Å². The van der Waals surface area contributed by atoms with Gasteiger partial charge in [0.15, 0.2) is 0 Å². The number of hydrogen-bond donors (Lipinski definition) is 1. The molecule has 4 aromatic rings. The molecule has 3 heterocycles. The molecule has 3 fully saturated rings. The molecule has 1 N–H and O–H groups in total. The van der Waals surface area contributed by atoms with Crippen molar-refractivity contribution in [1.82, 2.24) is 4.90 Å². The molecule has 9 heteroatoms. The SMILES string of the molecule is C=CCN(C(=O)C1N([C@H](CO)c2ccccc2)C(=O)[C@@H]2[C@H](C(=O)N(CC=C)c3ccc(OCC)cc3)[C@]3(CC)CCC12O3)c1ccc2ccccc2c1. The number of fused-ring (bicyclic) bond motifs is 2. The summed E-state index contributed by atoms with van der Waals surface area (Å²) in [5.41, 5.74) is -0.313. The van der Waals surface area contributed by atoms with Crippen molar-refractivity contribution in [3.8, 4) is 5.75 Å². The summed E-state index contributed by atoms with van der Waals surface area (Å²) in [5.74, 6) is -2.15. The zero-order chi connectivity index (χ0) is 37.3. The third-order valence-electron chi connectivity index (χ3n) is 11.5. The molecule has 274 valence electrons. The van der Waals surface area contributed by atoms with Crippen molar-refractivity contribution in [2.24, 2.45) is 11.8 Å². The molecule has 3 saturated heterocycles. The summed E-state index contributed by atoms with van der Waals surface area (Å²) in [6, 6.07) is 28.3. The Kier molecular flexibility index (Phi) is 9.98. The van der Waals surface area contributed by atoms with Gasteiger partial charge in [-0.2, -0.15) is 0 Å². The minimum atomic E-state index is -1.32. The van der Waals surface area contributed by atoms with Crippen molar-refractivity contribution in [2.45, 2.75) is 56.4 Å². The van der Waals surface area contributed by atoms with Crippen LogP contribution in [-0.4, -0.2) is 71.3 Å². The van der Waals surface area contributed by atoms with E-state index in [2.05, 4.69) is 13.2 Å². The van der Waals surface area contributed by atoms with Crippen LogP contribution in [0.4, 0.5) is 11.4 Å². The van der Waals surface area contributed by atoms with E-state index in [1.165, 1.54) is 4.90 Å². The van der Waals surface area contributed by atoms with Crippen LogP contribution < -0.4 is 14.5 Å². The smallest absolute Gasteiger partial charge is 0.253 e. The topological polar surface area (TPSA) is 99.6 Å². The van der Waals surface area contributed by atoms with Crippen molar-refractivity contribution < 1.29 is 29.0 Å². The Morgan fingerprint density at radius 2 is 1.53 bits per heavy atom. The molecule has 2 unspecified atom stereocenters. The molecule has 53 heavy (non-hydrogen) atoms. The standard InChI is InChI=1S/C44H47N3O6/c1-5-26-45(33-20-22-35(23-21-33)52-8-4)40(49)37-38-41(50)47(36(29-48)31-15-10-9-11-16-31)39(44(38)25-24-43(37,7-3)53-44)42(51)46(27-6-2)34-19-18-30-14-12-13-17-32(30)28-34/h5-6,9-23,28,36-39,48H,1-2,7-8,24-27,29H2,3-4H3/t36-,37-,38+,39?,43+,44?/m1/s1. The molecule has 0 radical (unpaired) electrons. The van der Waals surface area contributed by atoms with Gasteiger partial charge in [-0.3, -0.25) is 14.4 Å². The van der Waals surface area contributed by atoms with Gasteiger partial charge in [-0.25, -0.2) is 0 Å². The molecule has 0 aliphatic carbocycles. The molecular formula is C44H47N3O6. The summed E-state index contributed by atoms with van der Waals surface area (Å²) >= 11 is 0. The fraction of sp³-hybridized carbons (Fsp3) is 0.341. The molecule has 3 amide bonds. The average Bonchev–Trinajstić information content (AvgIpc) is 3.80. The van der Waals surface area contributed by atoms with E-state index in [9.17, 15) is 5.11 Å². The fourth-order valence-corrected chi connectivity index (χ4v) is 9.13. The summed E-state index contributed by atoms with van der Waals surface area (Å²) in [5, 5.41) is 13.0. The van der Waals surface area contributed by atoms with Gasteiger partial charge in [0.1, 0.15) is 17.4 Å². The lowest BCUT2D eigenvalue weighted by atomic mass is 9.64. The molecule has 6 atom stereocenters. The number of anilines is 2. The Bertz CT molecular complexity index is 2020. The lowest BCUT2D eigenvalue weighted by Gasteiger charge is -2.39. The summed E-state index contributed by atoms with van der Waals surface area (Å²) in [4.78, 5) is 50.6. The molecule has 0 saturated carbocycles. The molecule has 1 spiro atoms. The third-order valence-corrected chi connectivity index (χ3v) is 11.5. The van der Waals surface area contributed by atoms with E-state index >= 15 is 14.4 Å². The van der Waals surface area contributed by atoms with Crippen LogP contribution in [0.3, 0.4) is 0 Å². The minimum absolute atomic E-state index is 0.178. The number of carbonyl (C=O) groups is 3. The number of amides is 3. The number of benzene rings is 4. The van der Waals surface area contributed by atoms with E-state index in [0.29, 0.717) is 48.6 Å². The Morgan fingerprint density at radius 3 is 2.17 bits per heavy atom. The van der Waals surface area contributed by atoms with Gasteiger partial charge in [0.25, 0.3) is 5.91 Å². The second kappa shape index (κ2) is 14.6. The van der Waals surface area contributed by atoms with Crippen LogP contribution in [0.1, 0.15) is 44.7 Å². The maximum absolute atomic E-state index is 15.4. The van der Waals surface area contributed by atoms with E-state index in [0.717, 1.165) is 10.8 Å². The van der Waals surface area contributed by atoms with Crippen molar-refractivity contribution in [3.63, 3.8) is 0 Å². The van der Waals surface area contributed by atoms with Crippen LogP contribution in [0.5, 0.6) is 5.75 Å². The van der Waals surface area contributed by atoms with Gasteiger partial charge in [-0.1, -0.05) is 79.7 Å². The Balaban J connectivity index is 1.36. The predicted octanol–water partition coefficient (Wildman–Crippen LogP) is 6.87. The third kappa shape index (κ3) is 5.92. The fourth-order valence-electron chi connectivity index (χ4n) is 9.13. The first-order valence-electron chi connectivity index (χ1n) is 18.5. The van der Waals surface area contributed by atoms with Gasteiger partial charge in [0, 0.05) is 24.5 Å². The summed E-state index contributed by atoms with van der Waals surface area (Å²) in [6.45, 7) is 12.3. The lowest BCUT2D eigenvalue weighted by molar-refractivity contribution is -0.149. The molecule has 0 aromatic heterocycles. The Hall–Kier alpha value is -5.25. The second-order valence-electron chi connectivity index (χ2n) is 14.1. The summed E-state index contributed by atoms with van der Waals surface area (Å²) < 4.78 is 12.8. The molecular weight excluding hydrogens is 666 g/mol. The number of carbonyl (C=O) groups excluding carboxylic acids is 3. The van der Waals surface area contributed by atoms with Crippen LogP contribution in [-0.2, 0) is 19.1 Å². The van der Waals surface area contributed by atoms with Crippen molar-refractivity contribution >= 4 is 39.9 Å². The maximum atomic E-state index is 15.4. The molecule has 4 aromatic carbocycles. The Morgan fingerprint density at radius 1 is 0.887 bits per heavy atom. The van der Waals surface area contributed by atoms with Crippen LogP contribution in [0.15, 0.2) is 122 Å². The largest absolute Gasteiger partial charge is 0.494 e. The van der Waals surface area contributed by atoms with E-state index in [4.69, 9.17) is 9.47 Å². The number of aliphatic hydroxyl groups is 1. The highest BCUT2D eigenvalue weighted by Crippen LogP contribution is 2.65.